The largest absolute Gasteiger partial charge is 0.395 e. The maximum Gasteiger partial charge on any atom is 0.334 e. The van der Waals surface area contributed by atoms with Crippen LogP contribution in [0.3, 0.4) is 0 Å². The lowest BCUT2D eigenvalue weighted by Crippen LogP contribution is -2.30. The molecule has 0 saturated carbocycles. The molecule has 0 spiro atoms. The van der Waals surface area contributed by atoms with E-state index < -0.39 is 34.4 Å². The standard InChI is InChI=1S/C17H20FN5O4/c1-9(2)6-12-15(19)16(11(18)7-20-12)21-14(24)8-22-10(3)4-5-13(17(22)25)23(26)27/h4-5,7,9H,6,8,19H2,1-3H3,(H,20,21,24). The fraction of sp³-hybridized carbons (Fsp3) is 0.353. The number of pyridine rings is 2. The van der Waals surface area contributed by atoms with E-state index in [4.69, 9.17) is 5.73 Å². The summed E-state index contributed by atoms with van der Waals surface area (Å²) in [4.78, 5) is 38.5. The Morgan fingerprint density at radius 3 is 2.70 bits per heavy atom. The molecular weight excluding hydrogens is 357 g/mol. The molecule has 0 saturated heterocycles. The molecule has 0 radical (unpaired) electrons. The summed E-state index contributed by atoms with van der Waals surface area (Å²) in [6, 6.07) is 2.43. The Kier molecular flexibility index (Phi) is 5.88. The summed E-state index contributed by atoms with van der Waals surface area (Å²) in [5.74, 6) is -1.33. The first-order valence-corrected chi connectivity index (χ1v) is 8.19. The third-order valence-corrected chi connectivity index (χ3v) is 3.89. The molecular formula is C17H20FN5O4. The van der Waals surface area contributed by atoms with Crippen LogP contribution >= 0.6 is 0 Å². The number of nitrogens with zero attached hydrogens (tertiary/aromatic N) is 3. The number of anilines is 2. The molecule has 9 nitrogen and oxygen atoms in total. The molecule has 0 aliphatic carbocycles. The molecule has 2 aromatic rings. The number of nitro groups is 1. The Hall–Kier alpha value is -3.30. The molecule has 0 unspecified atom stereocenters. The monoisotopic (exact) mass is 377 g/mol. The molecule has 2 rings (SSSR count). The van der Waals surface area contributed by atoms with E-state index >= 15 is 0 Å². The van der Waals surface area contributed by atoms with Gasteiger partial charge in [0.15, 0.2) is 5.82 Å². The van der Waals surface area contributed by atoms with E-state index in [9.17, 15) is 24.1 Å². The van der Waals surface area contributed by atoms with Crippen molar-refractivity contribution in [3.8, 4) is 0 Å². The zero-order valence-corrected chi connectivity index (χ0v) is 15.2. The Morgan fingerprint density at radius 1 is 1.44 bits per heavy atom. The maximum atomic E-state index is 14.1. The number of nitrogens with one attached hydrogen (secondary N) is 1. The van der Waals surface area contributed by atoms with Crippen molar-refractivity contribution < 1.29 is 14.1 Å². The van der Waals surface area contributed by atoms with Gasteiger partial charge < -0.3 is 11.1 Å². The fourth-order valence-electron chi connectivity index (χ4n) is 2.54. The lowest BCUT2D eigenvalue weighted by atomic mass is 10.1. The first-order valence-electron chi connectivity index (χ1n) is 8.19. The van der Waals surface area contributed by atoms with E-state index in [1.165, 1.54) is 13.0 Å². The van der Waals surface area contributed by atoms with Crippen molar-refractivity contribution in [1.82, 2.24) is 9.55 Å². The van der Waals surface area contributed by atoms with E-state index in [-0.39, 0.29) is 17.3 Å². The highest BCUT2D eigenvalue weighted by atomic mass is 19.1. The normalized spacial score (nSPS) is 10.9. The van der Waals surface area contributed by atoms with Gasteiger partial charge in [0.1, 0.15) is 12.2 Å². The number of nitrogens with two attached hydrogens (primary N) is 1. The second-order valence-corrected chi connectivity index (χ2v) is 6.50. The van der Waals surface area contributed by atoms with E-state index in [1.54, 1.807) is 0 Å². The predicted molar refractivity (Wildman–Crippen MR) is 97.9 cm³/mol. The average molecular weight is 377 g/mol. The summed E-state index contributed by atoms with van der Waals surface area (Å²) in [5.41, 5.74) is 4.95. The number of amides is 1. The topological polar surface area (TPSA) is 133 Å². The van der Waals surface area contributed by atoms with Gasteiger partial charge in [-0.3, -0.25) is 29.3 Å². The molecule has 1 amide bonds. The molecule has 27 heavy (non-hydrogen) atoms. The minimum absolute atomic E-state index is 0.0140. The van der Waals surface area contributed by atoms with Crippen molar-refractivity contribution in [3.05, 3.63) is 56.0 Å². The number of aromatic nitrogens is 2. The minimum atomic E-state index is -0.918. The zero-order valence-electron chi connectivity index (χ0n) is 15.2. The molecule has 0 bridgehead atoms. The van der Waals surface area contributed by atoms with Crippen LogP contribution in [0.5, 0.6) is 0 Å². The lowest BCUT2D eigenvalue weighted by Gasteiger charge is -2.14. The van der Waals surface area contributed by atoms with Crippen LogP contribution in [0.25, 0.3) is 0 Å². The highest BCUT2D eigenvalue weighted by molar-refractivity contribution is 5.94. The van der Waals surface area contributed by atoms with Crippen molar-refractivity contribution in [2.75, 3.05) is 11.1 Å². The summed E-state index contributed by atoms with van der Waals surface area (Å²) in [6.07, 6.45) is 1.47. The number of hydrogen-bond donors (Lipinski definition) is 2. The van der Waals surface area contributed by atoms with Crippen LogP contribution in [0.4, 0.5) is 21.5 Å². The van der Waals surface area contributed by atoms with Crippen LogP contribution in [0, 0.1) is 28.8 Å². The van der Waals surface area contributed by atoms with E-state index in [1.807, 2.05) is 13.8 Å². The summed E-state index contributed by atoms with van der Waals surface area (Å²) in [5, 5.41) is 13.2. The molecule has 10 heteroatoms. The van der Waals surface area contributed by atoms with Crippen LogP contribution in [0.15, 0.2) is 23.1 Å². The number of aryl methyl sites for hydroxylation is 1. The minimum Gasteiger partial charge on any atom is -0.395 e. The van der Waals surface area contributed by atoms with Crippen molar-refractivity contribution in [1.29, 1.82) is 0 Å². The highest BCUT2D eigenvalue weighted by Crippen LogP contribution is 2.26. The predicted octanol–water partition coefficient (Wildman–Crippen LogP) is 2.02. The molecule has 3 N–H and O–H groups in total. The van der Waals surface area contributed by atoms with Gasteiger partial charge >= 0.3 is 11.2 Å². The fourth-order valence-corrected chi connectivity index (χ4v) is 2.54. The highest BCUT2D eigenvalue weighted by Gasteiger charge is 2.20. The van der Waals surface area contributed by atoms with E-state index in [0.29, 0.717) is 17.8 Å². The first-order chi connectivity index (χ1) is 12.6. The number of carbonyl (C=O) groups is 1. The lowest BCUT2D eigenvalue weighted by molar-refractivity contribution is -0.386. The molecule has 144 valence electrons. The Balaban J connectivity index is 2.31. The molecule has 0 fully saturated rings. The van der Waals surface area contributed by atoms with Gasteiger partial charge in [0.05, 0.1) is 22.5 Å². The summed E-state index contributed by atoms with van der Waals surface area (Å²) >= 11 is 0. The summed E-state index contributed by atoms with van der Waals surface area (Å²) < 4.78 is 15.0. The number of carbonyl (C=O) groups excluding carboxylic acids is 1. The van der Waals surface area contributed by atoms with Crippen molar-refractivity contribution in [3.63, 3.8) is 0 Å². The zero-order chi connectivity index (χ0) is 20.3. The van der Waals surface area contributed by atoms with E-state index in [0.717, 1.165) is 16.8 Å². The molecule has 2 aromatic heterocycles. The van der Waals surface area contributed by atoms with Gasteiger partial charge in [-0.25, -0.2) is 4.39 Å². The quantitative estimate of drug-likeness (QED) is 0.584. The molecule has 0 aromatic carbocycles. The van der Waals surface area contributed by atoms with Crippen LogP contribution < -0.4 is 16.6 Å². The van der Waals surface area contributed by atoms with Gasteiger partial charge in [-0.2, -0.15) is 0 Å². The second kappa shape index (κ2) is 7.94. The van der Waals surface area contributed by atoms with Gasteiger partial charge in [-0.05, 0) is 25.3 Å². The third kappa shape index (κ3) is 4.46. The average Bonchev–Trinajstić information content (AvgIpc) is 2.57. The van der Waals surface area contributed by atoms with Crippen molar-refractivity contribution in [2.24, 2.45) is 5.92 Å². The SMILES string of the molecule is Cc1ccc([N+](=O)[O-])c(=O)n1CC(=O)Nc1c(F)cnc(CC(C)C)c1N. The number of hydrogen-bond acceptors (Lipinski definition) is 6. The first kappa shape index (κ1) is 20.0. The van der Waals surface area contributed by atoms with Crippen LogP contribution in [0.1, 0.15) is 25.2 Å². The van der Waals surface area contributed by atoms with Crippen molar-refractivity contribution >= 4 is 23.0 Å². The number of halogens is 1. The van der Waals surface area contributed by atoms with Gasteiger partial charge in [0.25, 0.3) is 0 Å². The van der Waals surface area contributed by atoms with Gasteiger partial charge in [-0.15, -0.1) is 0 Å². The van der Waals surface area contributed by atoms with Crippen LogP contribution in [-0.4, -0.2) is 20.4 Å². The Morgan fingerprint density at radius 2 is 2.11 bits per heavy atom. The third-order valence-electron chi connectivity index (χ3n) is 3.89. The molecule has 2 heterocycles. The van der Waals surface area contributed by atoms with E-state index in [2.05, 4.69) is 10.3 Å². The number of rotatable bonds is 6. The molecule has 0 aliphatic heterocycles. The smallest absolute Gasteiger partial charge is 0.334 e. The summed E-state index contributed by atoms with van der Waals surface area (Å²) in [7, 11) is 0. The molecule has 0 aliphatic rings. The van der Waals surface area contributed by atoms with Gasteiger partial charge in [0.2, 0.25) is 5.91 Å². The van der Waals surface area contributed by atoms with Crippen LogP contribution in [0.2, 0.25) is 0 Å². The number of nitrogen functional groups attached to an aromatic ring is 1. The maximum absolute atomic E-state index is 14.1. The van der Waals surface area contributed by atoms with Crippen molar-refractivity contribution in [2.45, 2.75) is 33.7 Å². The van der Waals surface area contributed by atoms with Gasteiger partial charge in [-0.1, -0.05) is 13.8 Å². The summed E-state index contributed by atoms with van der Waals surface area (Å²) in [6.45, 7) is 4.90. The molecule has 0 atom stereocenters. The Bertz CT molecular complexity index is 955. The Labute approximate surface area is 154 Å². The van der Waals surface area contributed by atoms with Crippen LogP contribution in [-0.2, 0) is 17.8 Å². The second-order valence-electron chi connectivity index (χ2n) is 6.50. The van der Waals surface area contributed by atoms with Gasteiger partial charge in [0, 0.05) is 11.8 Å².